The van der Waals surface area contributed by atoms with E-state index in [1.807, 2.05) is 17.3 Å². The van der Waals surface area contributed by atoms with Gasteiger partial charge in [-0.05, 0) is 30.4 Å². The van der Waals surface area contributed by atoms with Gasteiger partial charge in [0.05, 0.1) is 13.2 Å². The maximum absolute atomic E-state index is 12.2. The van der Waals surface area contributed by atoms with E-state index in [9.17, 15) is 4.79 Å². The Labute approximate surface area is 136 Å². The van der Waals surface area contributed by atoms with E-state index in [2.05, 4.69) is 35.8 Å². The van der Waals surface area contributed by atoms with Crippen molar-refractivity contribution < 1.29 is 9.53 Å². The zero-order valence-electron chi connectivity index (χ0n) is 13.5. The van der Waals surface area contributed by atoms with Gasteiger partial charge in [0.25, 0.3) is 0 Å². The van der Waals surface area contributed by atoms with Crippen LogP contribution in [0.1, 0.15) is 12.5 Å². The summed E-state index contributed by atoms with van der Waals surface area (Å²) in [5, 5.41) is 2.37. The molecule has 0 aliphatic carbocycles. The van der Waals surface area contributed by atoms with Crippen molar-refractivity contribution >= 4 is 16.7 Å². The summed E-state index contributed by atoms with van der Waals surface area (Å²) in [5.74, 6) is 0.321. The summed E-state index contributed by atoms with van der Waals surface area (Å²) in [4.78, 5) is 18.3. The van der Waals surface area contributed by atoms with Crippen molar-refractivity contribution in [1.82, 2.24) is 9.88 Å². The first-order valence-corrected chi connectivity index (χ1v) is 7.99. The minimum Gasteiger partial charge on any atom is -0.379 e. The highest BCUT2D eigenvalue weighted by atomic mass is 16.5. The summed E-state index contributed by atoms with van der Waals surface area (Å²) in [5.41, 5.74) is 1.87. The number of aromatic nitrogens is 1. The summed E-state index contributed by atoms with van der Waals surface area (Å²) in [6, 6.07) is 8.34. The monoisotopic (exact) mass is 310 g/mol. The van der Waals surface area contributed by atoms with Crippen LogP contribution >= 0.6 is 0 Å². The molecule has 1 aliphatic rings. The fourth-order valence-electron chi connectivity index (χ4n) is 3.14. The van der Waals surface area contributed by atoms with Gasteiger partial charge in [0.15, 0.2) is 0 Å². The fourth-order valence-corrected chi connectivity index (χ4v) is 3.14. The normalized spacial score (nSPS) is 18.7. The second-order valence-electron chi connectivity index (χ2n) is 6.19. The number of carbonyl (C=O) groups excluding carboxylic acids is 1. The smallest absolute Gasteiger partial charge is 0.248 e. The Hall–Kier alpha value is -2.20. The standard InChI is InChI=1S/C19H22N2O2/c1-14(2)19(22)21-8-9-23-13-15(12-21)10-16-4-3-5-17-11-20-7-6-18(16)17/h3-7,11,15H,1,8-10,12-13H2,2H3. The van der Waals surface area contributed by atoms with E-state index in [1.54, 1.807) is 6.92 Å². The van der Waals surface area contributed by atoms with Gasteiger partial charge in [0, 0.05) is 42.4 Å². The molecule has 1 unspecified atom stereocenters. The number of carbonyl (C=O) groups is 1. The minimum atomic E-state index is 0.0302. The molecule has 23 heavy (non-hydrogen) atoms. The molecular weight excluding hydrogens is 288 g/mol. The average Bonchev–Trinajstić information content (AvgIpc) is 2.80. The highest BCUT2D eigenvalue weighted by Crippen LogP contribution is 2.22. The van der Waals surface area contributed by atoms with Crippen molar-refractivity contribution in [1.29, 1.82) is 0 Å². The highest BCUT2D eigenvalue weighted by Gasteiger charge is 2.23. The van der Waals surface area contributed by atoms with E-state index in [-0.39, 0.29) is 5.91 Å². The number of rotatable bonds is 3. The van der Waals surface area contributed by atoms with E-state index < -0.39 is 0 Å². The van der Waals surface area contributed by atoms with Crippen LogP contribution < -0.4 is 0 Å². The molecule has 2 heterocycles. The lowest BCUT2D eigenvalue weighted by atomic mass is 9.95. The quantitative estimate of drug-likeness (QED) is 0.819. The molecule has 0 spiro atoms. The molecule has 1 atom stereocenters. The molecule has 0 radical (unpaired) electrons. The van der Waals surface area contributed by atoms with Crippen molar-refractivity contribution in [2.24, 2.45) is 5.92 Å². The van der Waals surface area contributed by atoms with Gasteiger partial charge in [-0.1, -0.05) is 24.8 Å². The number of hydrogen-bond donors (Lipinski definition) is 0. The number of amides is 1. The maximum atomic E-state index is 12.2. The van der Waals surface area contributed by atoms with Crippen LogP contribution in [0.4, 0.5) is 0 Å². The molecule has 0 bridgehead atoms. The van der Waals surface area contributed by atoms with Crippen molar-refractivity contribution in [3.63, 3.8) is 0 Å². The van der Waals surface area contributed by atoms with Crippen molar-refractivity contribution in [3.8, 4) is 0 Å². The van der Waals surface area contributed by atoms with Gasteiger partial charge < -0.3 is 9.64 Å². The molecule has 0 saturated carbocycles. The molecule has 2 aromatic rings. The van der Waals surface area contributed by atoms with Crippen LogP contribution in [0.25, 0.3) is 10.8 Å². The lowest BCUT2D eigenvalue weighted by Gasteiger charge is -2.24. The second-order valence-corrected chi connectivity index (χ2v) is 6.19. The lowest BCUT2D eigenvalue weighted by molar-refractivity contribution is -0.127. The minimum absolute atomic E-state index is 0.0302. The zero-order chi connectivity index (χ0) is 16.2. The van der Waals surface area contributed by atoms with Gasteiger partial charge in [-0.3, -0.25) is 9.78 Å². The third-order valence-corrected chi connectivity index (χ3v) is 4.27. The van der Waals surface area contributed by atoms with Gasteiger partial charge in [-0.2, -0.15) is 0 Å². The Morgan fingerprint density at radius 1 is 1.43 bits per heavy atom. The van der Waals surface area contributed by atoms with Gasteiger partial charge in [0.1, 0.15) is 0 Å². The molecule has 0 N–H and O–H groups in total. The first-order chi connectivity index (χ1) is 11.1. The first-order valence-electron chi connectivity index (χ1n) is 7.99. The molecule has 120 valence electrons. The van der Waals surface area contributed by atoms with Gasteiger partial charge in [-0.25, -0.2) is 0 Å². The van der Waals surface area contributed by atoms with Crippen molar-refractivity contribution in [3.05, 3.63) is 54.4 Å². The number of benzene rings is 1. The predicted octanol–water partition coefficient (Wildman–Crippen LogP) is 2.83. The summed E-state index contributed by atoms with van der Waals surface area (Å²) < 4.78 is 5.72. The Morgan fingerprint density at radius 3 is 3.13 bits per heavy atom. The van der Waals surface area contributed by atoms with Gasteiger partial charge in [-0.15, -0.1) is 0 Å². The van der Waals surface area contributed by atoms with Crippen LogP contribution in [0, 0.1) is 5.92 Å². The Bertz CT molecular complexity index is 721. The molecule has 4 heteroatoms. The number of ether oxygens (including phenoxy) is 1. The second kappa shape index (κ2) is 6.92. The SMILES string of the molecule is C=C(C)C(=O)N1CCOCC(Cc2cccc3cnccc23)C1. The zero-order valence-corrected chi connectivity index (χ0v) is 13.5. The van der Waals surface area contributed by atoms with Crippen molar-refractivity contribution in [2.45, 2.75) is 13.3 Å². The third kappa shape index (κ3) is 3.59. The van der Waals surface area contributed by atoms with Crippen LogP contribution in [0.15, 0.2) is 48.8 Å². The Kier molecular flexibility index (Phi) is 4.72. The maximum Gasteiger partial charge on any atom is 0.248 e. The number of nitrogens with zero attached hydrogens (tertiary/aromatic N) is 2. The number of pyridine rings is 1. The van der Waals surface area contributed by atoms with E-state index >= 15 is 0 Å². The van der Waals surface area contributed by atoms with Crippen molar-refractivity contribution in [2.75, 3.05) is 26.3 Å². The van der Waals surface area contributed by atoms with Crippen LogP contribution in [-0.2, 0) is 16.0 Å². The third-order valence-electron chi connectivity index (χ3n) is 4.27. The fraction of sp³-hybridized carbons (Fsp3) is 0.368. The summed E-state index contributed by atoms with van der Waals surface area (Å²) in [7, 11) is 0. The first kappa shape index (κ1) is 15.7. The molecule has 1 fully saturated rings. The van der Waals surface area contributed by atoms with Crippen LogP contribution in [0.2, 0.25) is 0 Å². The Morgan fingerprint density at radius 2 is 2.30 bits per heavy atom. The average molecular weight is 310 g/mol. The Balaban J connectivity index is 1.80. The highest BCUT2D eigenvalue weighted by molar-refractivity contribution is 5.92. The van der Waals surface area contributed by atoms with Crippen LogP contribution in [0.3, 0.4) is 0 Å². The van der Waals surface area contributed by atoms with Crippen LogP contribution in [0.5, 0.6) is 0 Å². The summed E-state index contributed by atoms with van der Waals surface area (Å²) in [6.07, 6.45) is 4.60. The molecule has 1 aromatic carbocycles. The molecule has 4 nitrogen and oxygen atoms in total. The van der Waals surface area contributed by atoms with Crippen LogP contribution in [-0.4, -0.2) is 42.1 Å². The molecule has 1 aromatic heterocycles. The summed E-state index contributed by atoms with van der Waals surface area (Å²) >= 11 is 0. The molecular formula is C19H22N2O2. The van der Waals surface area contributed by atoms with E-state index in [0.29, 0.717) is 37.8 Å². The van der Waals surface area contributed by atoms with E-state index in [0.717, 1.165) is 11.8 Å². The topological polar surface area (TPSA) is 42.4 Å². The largest absolute Gasteiger partial charge is 0.379 e. The molecule has 1 aliphatic heterocycles. The molecule has 1 saturated heterocycles. The number of hydrogen-bond acceptors (Lipinski definition) is 3. The molecule has 3 rings (SSSR count). The lowest BCUT2D eigenvalue weighted by Crippen LogP contribution is -2.36. The predicted molar refractivity (Wildman–Crippen MR) is 91.2 cm³/mol. The summed E-state index contributed by atoms with van der Waals surface area (Å²) in [6.45, 7) is 8.17. The molecule has 1 amide bonds. The van der Waals surface area contributed by atoms with E-state index in [1.165, 1.54) is 10.9 Å². The van der Waals surface area contributed by atoms with E-state index in [4.69, 9.17) is 4.74 Å². The van der Waals surface area contributed by atoms with Gasteiger partial charge in [0.2, 0.25) is 5.91 Å². The number of fused-ring (bicyclic) bond motifs is 1. The van der Waals surface area contributed by atoms with Gasteiger partial charge >= 0.3 is 0 Å².